The predicted octanol–water partition coefficient (Wildman–Crippen LogP) is 4.38. The molecule has 0 N–H and O–H groups in total. The number of hydrogen-bond donors (Lipinski definition) is 0. The molecule has 1 saturated heterocycles. The van der Waals surface area contributed by atoms with Crippen LogP contribution in [0.1, 0.15) is 38.8 Å². The lowest BCUT2D eigenvalue weighted by Crippen LogP contribution is -2.19. The monoisotopic (exact) mass is 239 g/mol. The third-order valence-electron chi connectivity index (χ3n) is 3.16. The molecule has 0 aromatic heterocycles. The van der Waals surface area contributed by atoms with Gasteiger partial charge in [-0.3, -0.25) is 4.90 Å². The van der Waals surface area contributed by atoms with Crippen LogP contribution in [0.3, 0.4) is 0 Å². The van der Waals surface area contributed by atoms with Crippen molar-refractivity contribution in [2.75, 3.05) is 13.6 Å². The Hall–Kier alpha value is -0.530. The largest absolute Gasteiger partial charge is 0.299 e. The van der Waals surface area contributed by atoms with E-state index in [1.165, 1.54) is 18.5 Å². The molecule has 2 atom stereocenters. The van der Waals surface area contributed by atoms with Crippen LogP contribution in [-0.4, -0.2) is 18.5 Å². The van der Waals surface area contributed by atoms with E-state index in [1.807, 2.05) is 26.0 Å². The van der Waals surface area contributed by atoms with Gasteiger partial charge in [-0.15, -0.1) is 0 Å². The molecule has 1 aliphatic heterocycles. The third-order valence-corrected chi connectivity index (χ3v) is 3.41. The summed E-state index contributed by atoms with van der Waals surface area (Å²) in [5.74, 6) is 0.751. The van der Waals surface area contributed by atoms with Crippen LogP contribution in [-0.2, 0) is 0 Å². The van der Waals surface area contributed by atoms with E-state index in [-0.39, 0.29) is 0 Å². The van der Waals surface area contributed by atoms with E-state index in [2.05, 4.69) is 31.0 Å². The predicted molar refractivity (Wildman–Crippen MR) is 72.0 cm³/mol. The van der Waals surface area contributed by atoms with Crippen molar-refractivity contribution in [2.45, 2.75) is 33.2 Å². The zero-order valence-corrected chi connectivity index (χ0v) is 11.5. The van der Waals surface area contributed by atoms with Gasteiger partial charge in [-0.1, -0.05) is 44.5 Å². The molecule has 1 aromatic carbocycles. The van der Waals surface area contributed by atoms with Crippen LogP contribution >= 0.6 is 11.6 Å². The van der Waals surface area contributed by atoms with Crippen LogP contribution in [0.25, 0.3) is 0 Å². The molecule has 1 heterocycles. The Morgan fingerprint density at radius 3 is 2.19 bits per heavy atom. The normalized spacial score (nSPS) is 25.1. The molecule has 2 heteroatoms. The second kappa shape index (κ2) is 6.27. The molecular weight excluding hydrogens is 218 g/mol. The Morgan fingerprint density at radius 1 is 1.19 bits per heavy atom. The van der Waals surface area contributed by atoms with Crippen molar-refractivity contribution in [3.05, 3.63) is 34.9 Å². The van der Waals surface area contributed by atoms with Gasteiger partial charge in [0.1, 0.15) is 0 Å². The Bertz CT molecular complexity index is 297. The lowest BCUT2D eigenvalue weighted by Gasteiger charge is -2.23. The Morgan fingerprint density at radius 2 is 1.75 bits per heavy atom. The maximum Gasteiger partial charge on any atom is 0.0406 e. The minimum Gasteiger partial charge on any atom is -0.299 e. The van der Waals surface area contributed by atoms with Gasteiger partial charge in [-0.25, -0.2) is 0 Å². The molecule has 2 unspecified atom stereocenters. The Kier molecular flexibility index (Phi) is 5.30. The van der Waals surface area contributed by atoms with Gasteiger partial charge in [0.05, 0.1) is 0 Å². The van der Waals surface area contributed by atoms with Crippen LogP contribution in [0, 0.1) is 5.92 Å². The number of nitrogens with zero attached hydrogens (tertiary/aromatic N) is 1. The van der Waals surface area contributed by atoms with Crippen LogP contribution in [0.5, 0.6) is 0 Å². The fourth-order valence-electron chi connectivity index (χ4n) is 2.38. The lowest BCUT2D eigenvalue weighted by atomic mass is 9.96. The van der Waals surface area contributed by atoms with E-state index < -0.39 is 0 Å². The van der Waals surface area contributed by atoms with Crippen molar-refractivity contribution in [3.63, 3.8) is 0 Å². The van der Waals surface area contributed by atoms with Crippen molar-refractivity contribution in [1.82, 2.24) is 4.90 Å². The van der Waals surface area contributed by atoms with E-state index >= 15 is 0 Å². The zero-order chi connectivity index (χ0) is 12.1. The van der Waals surface area contributed by atoms with E-state index in [9.17, 15) is 0 Å². The summed E-state index contributed by atoms with van der Waals surface area (Å²) in [5.41, 5.74) is 1.39. The highest BCUT2D eigenvalue weighted by Crippen LogP contribution is 2.35. The first kappa shape index (κ1) is 13.5. The second-order valence-corrected chi connectivity index (χ2v) is 4.68. The fourth-order valence-corrected chi connectivity index (χ4v) is 2.51. The molecule has 0 amide bonds. The summed E-state index contributed by atoms with van der Waals surface area (Å²) in [4.78, 5) is 2.42. The molecule has 0 bridgehead atoms. The highest BCUT2D eigenvalue weighted by molar-refractivity contribution is 6.30. The van der Waals surface area contributed by atoms with Crippen LogP contribution in [0.2, 0.25) is 5.02 Å². The molecule has 1 aromatic rings. The van der Waals surface area contributed by atoms with Gasteiger partial charge in [-0.2, -0.15) is 0 Å². The summed E-state index contributed by atoms with van der Waals surface area (Å²) in [6, 6.07) is 8.83. The smallest absolute Gasteiger partial charge is 0.0406 e. The molecule has 0 aliphatic carbocycles. The quantitative estimate of drug-likeness (QED) is 0.703. The number of hydrogen-bond acceptors (Lipinski definition) is 1. The van der Waals surface area contributed by atoms with Gasteiger partial charge in [0.2, 0.25) is 0 Å². The van der Waals surface area contributed by atoms with Crippen molar-refractivity contribution >= 4 is 11.6 Å². The van der Waals surface area contributed by atoms with Crippen molar-refractivity contribution < 1.29 is 0 Å². The van der Waals surface area contributed by atoms with Gasteiger partial charge >= 0.3 is 0 Å². The molecule has 90 valence electrons. The fraction of sp³-hybridized carbons (Fsp3) is 0.571. The van der Waals surface area contributed by atoms with Gasteiger partial charge in [-0.05, 0) is 43.6 Å². The van der Waals surface area contributed by atoms with Crippen molar-refractivity contribution in [1.29, 1.82) is 0 Å². The molecule has 16 heavy (non-hydrogen) atoms. The summed E-state index contributed by atoms with van der Waals surface area (Å²) in [5, 5.41) is 0.821. The highest BCUT2D eigenvalue weighted by atomic mass is 35.5. The third kappa shape index (κ3) is 2.99. The SMILES string of the molecule is CC.CC1CCN(C)C1c1ccc(Cl)cc1. The van der Waals surface area contributed by atoms with E-state index in [4.69, 9.17) is 11.6 Å². The van der Waals surface area contributed by atoms with Gasteiger partial charge in [0.15, 0.2) is 0 Å². The average Bonchev–Trinajstić information content (AvgIpc) is 2.63. The summed E-state index contributed by atoms with van der Waals surface area (Å²) in [7, 11) is 2.20. The molecule has 1 fully saturated rings. The molecule has 0 spiro atoms. The molecule has 1 aliphatic rings. The maximum absolute atomic E-state index is 5.88. The molecule has 2 rings (SSSR count). The molecule has 0 radical (unpaired) electrons. The molecule has 1 nitrogen and oxygen atoms in total. The van der Waals surface area contributed by atoms with Gasteiger partial charge in [0.25, 0.3) is 0 Å². The summed E-state index contributed by atoms with van der Waals surface area (Å²) < 4.78 is 0. The van der Waals surface area contributed by atoms with Crippen LogP contribution in [0.4, 0.5) is 0 Å². The topological polar surface area (TPSA) is 3.24 Å². The zero-order valence-electron chi connectivity index (χ0n) is 10.7. The minimum atomic E-state index is 0.576. The highest BCUT2D eigenvalue weighted by Gasteiger charge is 2.29. The van der Waals surface area contributed by atoms with Crippen molar-refractivity contribution in [3.8, 4) is 0 Å². The van der Waals surface area contributed by atoms with Gasteiger partial charge < -0.3 is 0 Å². The van der Waals surface area contributed by atoms with Crippen LogP contribution in [0.15, 0.2) is 24.3 Å². The minimum absolute atomic E-state index is 0.576. The number of benzene rings is 1. The van der Waals surface area contributed by atoms with Gasteiger partial charge in [0, 0.05) is 11.1 Å². The molecular formula is C14H22ClN. The summed E-state index contributed by atoms with van der Waals surface area (Å²) >= 11 is 5.88. The Labute approximate surface area is 104 Å². The van der Waals surface area contributed by atoms with E-state index in [0.717, 1.165) is 10.9 Å². The number of halogens is 1. The first-order valence-corrected chi connectivity index (χ1v) is 6.52. The second-order valence-electron chi connectivity index (χ2n) is 4.24. The first-order valence-electron chi connectivity index (χ1n) is 6.14. The van der Waals surface area contributed by atoms with Crippen LogP contribution < -0.4 is 0 Å². The summed E-state index contributed by atoms with van der Waals surface area (Å²) in [6.45, 7) is 7.53. The number of rotatable bonds is 1. The molecule has 0 saturated carbocycles. The first-order chi connectivity index (χ1) is 7.68. The van der Waals surface area contributed by atoms with E-state index in [0.29, 0.717) is 6.04 Å². The Balaban J connectivity index is 0.000000606. The average molecular weight is 240 g/mol. The van der Waals surface area contributed by atoms with Crippen molar-refractivity contribution in [2.24, 2.45) is 5.92 Å². The summed E-state index contributed by atoms with van der Waals surface area (Å²) in [6.07, 6.45) is 1.30. The number of likely N-dealkylation sites (tertiary alicyclic amines) is 1. The maximum atomic E-state index is 5.88. The lowest BCUT2D eigenvalue weighted by molar-refractivity contribution is 0.285. The van der Waals surface area contributed by atoms with E-state index in [1.54, 1.807) is 0 Å². The standard InChI is InChI=1S/C12H16ClN.C2H6/c1-9-7-8-14(2)12(9)10-3-5-11(13)6-4-10;1-2/h3-6,9,12H,7-8H2,1-2H3;1-2H3.